The summed E-state index contributed by atoms with van der Waals surface area (Å²) in [6.45, 7) is 3.01. The molecule has 1 aromatic carbocycles. The first kappa shape index (κ1) is 13.9. The van der Waals surface area contributed by atoms with Gasteiger partial charge in [-0.1, -0.05) is 23.7 Å². The molecular formula is C15H23ClN2. The van der Waals surface area contributed by atoms with E-state index in [1.165, 1.54) is 18.4 Å². The first-order chi connectivity index (χ1) is 8.56. The Morgan fingerprint density at radius 3 is 2.56 bits per heavy atom. The third kappa shape index (κ3) is 3.47. The van der Waals surface area contributed by atoms with Crippen LogP contribution in [0.1, 0.15) is 36.8 Å². The minimum atomic E-state index is 0.420. The second-order valence-electron chi connectivity index (χ2n) is 5.57. The van der Waals surface area contributed by atoms with Gasteiger partial charge in [0.05, 0.1) is 0 Å². The molecule has 0 saturated heterocycles. The van der Waals surface area contributed by atoms with Gasteiger partial charge >= 0.3 is 0 Å². The van der Waals surface area contributed by atoms with Crippen LogP contribution in [-0.2, 0) is 6.54 Å². The van der Waals surface area contributed by atoms with Gasteiger partial charge in [0.1, 0.15) is 0 Å². The molecule has 0 heterocycles. The normalized spacial score (nSPS) is 24.5. The molecule has 0 bridgehead atoms. The lowest BCUT2D eigenvalue weighted by Crippen LogP contribution is -2.38. The Bertz CT molecular complexity index is 397. The highest BCUT2D eigenvalue weighted by molar-refractivity contribution is 6.31. The number of hydrogen-bond donors (Lipinski definition) is 1. The van der Waals surface area contributed by atoms with Crippen LogP contribution in [-0.4, -0.2) is 24.0 Å². The van der Waals surface area contributed by atoms with E-state index in [2.05, 4.69) is 30.1 Å². The molecule has 1 aliphatic carbocycles. The van der Waals surface area contributed by atoms with Gasteiger partial charge in [-0.3, -0.25) is 4.90 Å². The number of halogens is 1. The summed E-state index contributed by atoms with van der Waals surface area (Å²) in [5, 5.41) is 0.867. The van der Waals surface area contributed by atoms with Crippen molar-refractivity contribution in [1.82, 2.24) is 4.90 Å². The molecule has 0 atom stereocenters. The van der Waals surface area contributed by atoms with Crippen LogP contribution < -0.4 is 5.73 Å². The van der Waals surface area contributed by atoms with Crippen LogP contribution in [0, 0.1) is 6.92 Å². The topological polar surface area (TPSA) is 29.3 Å². The molecule has 1 aliphatic rings. The molecule has 18 heavy (non-hydrogen) atoms. The molecule has 0 spiro atoms. The SMILES string of the molecule is Cc1ccc(CN(C)C2CCC(N)CC2)cc1Cl. The zero-order valence-electron chi connectivity index (χ0n) is 11.3. The molecule has 2 rings (SSSR count). The van der Waals surface area contributed by atoms with Crippen molar-refractivity contribution in [2.24, 2.45) is 5.73 Å². The molecule has 0 unspecified atom stereocenters. The number of hydrogen-bond acceptors (Lipinski definition) is 2. The number of rotatable bonds is 3. The molecule has 2 nitrogen and oxygen atoms in total. The fraction of sp³-hybridized carbons (Fsp3) is 0.600. The molecule has 1 aromatic rings. The zero-order chi connectivity index (χ0) is 13.1. The van der Waals surface area contributed by atoms with Crippen LogP contribution in [0.5, 0.6) is 0 Å². The molecular weight excluding hydrogens is 244 g/mol. The first-order valence-corrected chi connectivity index (χ1v) is 7.15. The molecule has 0 amide bonds. The van der Waals surface area contributed by atoms with Crippen LogP contribution in [0.3, 0.4) is 0 Å². The van der Waals surface area contributed by atoms with Crippen LogP contribution in [0.4, 0.5) is 0 Å². The first-order valence-electron chi connectivity index (χ1n) is 6.77. The predicted octanol–water partition coefficient (Wildman–Crippen LogP) is 3.35. The lowest BCUT2D eigenvalue weighted by Gasteiger charge is -2.33. The van der Waals surface area contributed by atoms with Gasteiger partial charge < -0.3 is 5.73 Å². The number of nitrogens with zero attached hydrogens (tertiary/aromatic N) is 1. The molecule has 1 fully saturated rings. The van der Waals surface area contributed by atoms with Crippen molar-refractivity contribution in [1.29, 1.82) is 0 Å². The Labute approximate surface area is 115 Å². The second-order valence-corrected chi connectivity index (χ2v) is 5.97. The quantitative estimate of drug-likeness (QED) is 0.909. The second kappa shape index (κ2) is 6.05. The maximum absolute atomic E-state index is 6.17. The van der Waals surface area contributed by atoms with Gasteiger partial charge in [-0.15, -0.1) is 0 Å². The molecule has 0 aromatic heterocycles. The predicted molar refractivity (Wildman–Crippen MR) is 77.9 cm³/mol. The lowest BCUT2D eigenvalue weighted by atomic mass is 9.91. The van der Waals surface area contributed by atoms with Gasteiger partial charge in [-0.05, 0) is 56.8 Å². The Hall–Kier alpha value is -0.570. The number of benzene rings is 1. The van der Waals surface area contributed by atoms with Gasteiger partial charge in [0.2, 0.25) is 0 Å². The third-order valence-electron chi connectivity index (χ3n) is 4.03. The minimum Gasteiger partial charge on any atom is -0.328 e. The smallest absolute Gasteiger partial charge is 0.0438 e. The molecule has 3 heteroatoms. The van der Waals surface area contributed by atoms with E-state index in [1.807, 2.05) is 6.92 Å². The summed E-state index contributed by atoms with van der Waals surface area (Å²) in [5.74, 6) is 0. The van der Waals surface area contributed by atoms with E-state index in [0.717, 1.165) is 30.0 Å². The lowest BCUT2D eigenvalue weighted by molar-refractivity contribution is 0.176. The third-order valence-corrected chi connectivity index (χ3v) is 4.44. The van der Waals surface area contributed by atoms with Crippen molar-refractivity contribution in [2.75, 3.05) is 7.05 Å². The van der Waals surface area contributed by atoms with Crippen molar-refractivity contribution in [2.45, 2.75) is 51.2 Å². The zero-order valence-corrected chi connectivity index (χ0v) is 12.1. The van der Waals surface area contributed by atoms with E-state index in [9.17, 15) is 0 Å². The average molecular weight is 267 g/mol. The van der Waals surface area contributed by atoms with Crippen molar-refractivity contribution in [3.63, 3.8) is 0 Å². The Morgan fingerprint density at radius 1 is 1.28 bits per heavy atom. The summed E-state index contributed by atoms with van der Waals surface area (Å²) in [7, 11) is 2.20. The molecule has 100 valence electrons. The molecule has 1 saturated carbocycles. The Kier molecular flexibility index (Phi) is 4.66. The minimum absolute atomic E-state index is 0.420. The van der Waals surface area contributed by atoms with Crippen LogP contribution in [0.15, 0.2) is 18.2 Å². The van der Waals surface area contributed by atoms with E-state index in [4.69, 9.17) is 17.3 Å². The summed E-state index contributed by atoms with van der Waals surface area (Å²) >= 11 is 6.17. The molecule has 0 aliphatic heterocycles. The fourth-order valence-electron chi connectivity index (χ4n) is 2.69. The summed E-state index contributed by atoms with van der Waals surface area (Å²) in [6.07, 6.45) is 4.75. The Balaban J connectivity index is 1.94. The van der Waals surface area contributed by atoms with E-state index < -0.39 is 0 Å². The van der Waals surface area contributed by atoms with E-state index in [0.29, 0.717) is 12.1 Å². The summed E-state index contributed by atoms with van der Waals surface area (Å²) in [4.78, 5) is 2.44. The summed E-state index contributed by atoms with van der Waals surface area (Å²) in [6, 6.07) is 7.45. The monoisotopic (exact) mass is 266 g/mol. The summed E-state index contributed by atoms with van der Waals surface area (Å²) < 4.78 is 0. The molecule has 2 N–H and O–H groups in total. The molecule has 0 radical (unpaired) electrons. The van der Waals surface area contributed by atoms with Gasteiger partial charge in [0, 0.05) is 23.7 Å². The van der Waals surface area contributed by atoms with Gasteiger partial charge in [0.15, 0.2) is 0 Å². The van der Waals surface area contributed by atoms with E-state index in [-0.39, 0.29) is 0 Å². The number of nitrogens with two attached hydrogens (primary N) is 1. The number of aryl methyl sites for hydroxylation is 1. The van der Waals surface area contributed by atoms with Crippen molar-refractivity contribution in [3.8, 4) is 0 Å². The van der Waals surface area contributed by atoms with Crippen LogP contribution in [0.25, 0.3) is 0 Å². The fourth-order valence-corrected chi connectivity index (χ4v) is 2.90. The maximum Gasteiger partial charge on any atom is 0.0438 e. The largest absolute Gasteiger partial charge is 0.328 e. The van der Waals surface area contributed by atoms with Gasteiger partial charge in [-0.25, -0.2) is 0 Å². The van der Waals surface area contributed by atoms with E-state index >= 15 is 0 Å². The van der Waals surface area contributed by atoms with Crippen LogP contribution in [0.2, 0.25) is 5.02 Å². The highest BCUT2D eigenvalue weighted by atomic mass is 35.5. The highest BCUT2D eigenvalue weighted by Gasteiger charge is 2.21. The van der Waals surface area contributed by atoms with Crippen molar-refractivity contribution in [3.05, 3.63) is 34.3 Å². The standard InChI is InChI=1S/C15H23ClN2/c1-11-3-4-12(9-15(11)16)10-18(2)14-7-5-13(17)6-8-14/h3-4,9,13-14H,5-8,10,17H2,1-2H3. The maximum atomic E-state index is 6.17. The van der Waals surface area contributed by atoms with Crippen molar-refractivity contribution >= 4 is 11.6 Å². The summed E-state index contributed by atoms with van der Waals surface area (Å²) in [5.41, 5.74) is 8.39. The van der Waals surface area contributed by atoms with E-state index in [1.54, 1.807) is 0 Å². The Morgan fingerprint density at radius 2 is 1.94 bits per heavy atom. The average Bonchev–Trinajstić information content (AvgIpc) is 2.34. The highest BCUT2D eigenvalue weighted by Crippen LogP contribution is 2.23. The van der Waals surface area contributed by atoms with Gasteiger partial charge in [0.25, 0.3) is 0 Å². The van der Waals surface area contributed by atoms with Crippen molar-refractivity contribution < 1.29 is 0 Å². The van der Waals surface area contributed by atoms with Crippen LogP contribution >= 0.6 is 11.6 Å². The van der Waals surface area contributed by atoms with Gasteiger partial charge in [-0.2, -0.15) is 0 Å².